The number of esters is 1. The Morgan fingerprint density at radius 3 is 2.63 bits per heavy atom. The van der Waals surface area contributed by atoms with Crippen LogP contribution in [0.3, 0.4) is 0 Å². The summed E-state index contributed by atoms with van der Waals surface area (Å²) in [5.74, 6) is 1.06. The summed E-state index contributed by atoms with van der Waals surface area (Å²) in [6, 6.07) is 6.59. The van der Waals surface area contributed by atoms with E-state index in [1.54, 1.807) is 32.0 Å². The van der Waals surface area contributed by atoms with Gasteiger partial charge in [-0.3, -0.25) is 0 Å². The molecule has 0 aliphatic heterocycles. The molecule has 0 amide bonds. The molecule has 0 aliphatic carbocycles. The van der Waals surface area contributed by atoms with Crippen LogP contribution in [0.5, 0.6) is 0 Å². The first-order valence-electron chi connectivity index (χ1n) is 8.39. The molecule has 2 rings (SSSR count). The number of aryl methyl sites for hydroxylation is 2. The third-order valence-electron chi connectivity index (χ3n) is 3.79. The monoisotopic (exact) mass is 489 g/mol. The number of guanidine groups is 1. The fraction of sp³-hybridized carbons (Fsp3) is 0.368. The number of carbonyl (C=O) groups is 1. The van der Waals surface area contributed by atoms with Crippen molar-refractivity contribution in [1.29, 1.82) is 0 Å². The molecule has 0 saturated carbocycles. The Hall–Kier alpha value is -2.10. The van der Waals surface area contributed by atoms with Crippen LogP contribution in [0.15, 0.2) is 33.7 Å². The molecular formula is C19H25FIN3O3. The molecule has 0 bridgehead atoms. The average Bonchev–Trinajstić information content (AvgIpc) is 3.00. The summed E-state index contributed by atoms with van der Waals surface area (Å²) in [5, 5.41) is 6.29. The first kappa shape index (κ1) is 22.9. The summed E-state index contributed by atoms with van der Waals surface area (Å²) in [6.07, 6.45) is 0. The molecule has 1 aromatic heterocycles. The van der Waals surface area contributed by atoms with Crippen molar-refractivity contribution in [2.45, 2.75) is 33.9 Å². The standard InChI is InChI=1S/C19H24FN3O3.HI/c1-5-21-19(22-10-14-6-7-17(20)12(2)8-14)23-11-15-9-16(13(3)26-15)18(24)25-4;/h6-9H,5,10-11H2,1-4H3,(H2,21,22,23);1H. The third kappa shape index (κ3) is 6.53. The minimum absolute atomic E-state index is 0. The van der Waals surface area contributed by atoms with E-state index in [2.05, 4.69) is 15.6 Å². The van der Waals surface area contributed by atoms with Crippen molar-refractivity contribution in [3.63, 3.8) is 0 Å². The van der Waals surface area contributed by atoms with Crippen LogP contribution in [0.1, 0.15) is 39.9 Å². The van der Waals surface area contributed by atoms with Crippen molar-refractivity contribution in [3.05, 3.63) is 58.3 Å². The number of hydrogen-bond donors (Lipinski definition) is 2. The summed E-state index contributed by atoms with van der Waals surface area (Å²) < 4.78 is 23.6. The van der Waals surface area contributed by atoms with Gasteiger partial charge in [-0.1, -0.05) is 12.1 Å². The summed E-state index contributed by atoms with van der Waals surface area (Å²) >= 11 is 0. The highest BCUT2D eigenvalue weighted by atomic mass is 127. The zero-order valence-electron chi connectivity index (χ0n) is 15.9. The molecule has 0 spiro atoms. The third-order valence-corrected chi connectivity index (χ3v) is 3.79. The van der Waals surface area contributed by atoms with Crippen LogP contribution in [0, 0.1) is 19.7 Å². The predicted octanol–water partition coefficient (Wildman–Crippen LogP) is 3.70. The predicted molar refractivity (Wildman–Crippen MR) is 113 cm³/mol. The fourth-order valence-electron chi connectivity index (χ4n) is 2.43. The van der Waals surface area contributed by atoms with Gasteiger partial charge < -0.3 is 19.8 Å². The van der Waals surface area contributed by atoms with Gasteiger partial charge in [0.15, 0.2) is 5.96 Å². The molecule has 6 nitrogen and oxygen atoms in total. The summed E-state index contributed by atoms with van der Waals surface area (Å²) in [6.45, 7) is 6.88. The van der Waals surface area contributed by atoms with Crippen LogP contribution in [-0.4, -0.2) is 25.6 Å². The summed E-state index contributed by atoms with van der Waals surface area (Å²) in [5.41, 5.74) is 1.92. The molecule has 1 aromatic carbocycles. The molecule has 27 heavy (non-hydrogen) atoms. The smallest absolute Gasteiger partial charge is 0.341 e. The van der Waals surface area contributed by atoms with Gasteiger partial charge in [-0.25, -0.2) is 14.2 Å². The zero-order valence-corrected chi connectivity index (χ0v) is 18.2. The van der Waals surface area contributed by atoms with Crippen molar-refractivity contribution in [2.75, 3.05) is 13.7 Å². The lowest BCUT2D eigenvalue weighted by molar-refractivity contribution is 0.0599. The van der Waals surface area contributed by atoms with E-state index in [1.165, 1.54) is 13.2 Å². The first-order chi connectivity index (χ1) is 12.4. The summed E-state index contributed by atoms with van der Waals surface area (Å²) in [7, 11) is 1.33. The number of rotatable bonds is 6. The Bertz CT molecular complexity index is 805. The number of nitrogens with zero attached hydrogens (tertiary/aromatic N) is 1. The van der Waals surface area contributed by atoms with Crippen LogP contribution in [0.2, 0.25) is 0 Å². The lowest BCUT2D eigenvalue weighted by Gasteiger charge is -2.10. The van der Waals surface area contributed by atoms with Crippen LogP contribution in [0.25, 0.3) is 0 Å². The molecular weight excluding hydrogens is 464 g/mol. The van der Waals surface area contributed by atoms with E-state index in [0.29, 0.717) is 48.2 Å². The van der Waals surface area contributed by atoms with E-state index in [1.807, 2.05) is 6.92 Å². The highest BCUT2D eigenvalue weighted by molar-refractivity contribution is 14.0. The Balaban J connectivity index is 0.00000364. The van der Waals surface area contributed by atoms with Crippen molar-refractivity contribution in [3.8, 4) is 0 Å². The average molecular weight is 489 g/mol. The summed E-state index contributed by atoms with van der Waals surface area (Å²) in [4.78, 5) is 16.1. The van der Waals surface area contributed by atoms with Gasteiger partial charge in [0.05, 0.1) is 20.2 Å². The highest BCUT2D eigenvalue weighted by Crippen LogP contribution is 2.15. The van der Waals surface area contributed by atoms with Crippen molar-refractivity contribution in [1.82, 2.24) is 10.6 Å². The van der Waals surface area contributed by atoms with Gasteiger partial charge in [0.2, 0.25) is 0 Å². The lowest BCUT2D eigenvalue weighted by atomic mass is 10.1. The van der Waals surface area contributed by atoms with E-state index >= 15 is 0 Å². The van der Waals surface area contributed by atoms with Gasteiger partial charge in [-0.2, -0.15) is 0 Å². The van der Waals surface area contributed by atoms with E-state index < -0.39 is 5.97 Å². The second-order valence-corrected chi connectivity index (χ2v) is 5.81. The number of hydrogen-bond acceptors (Lipinski definition) is 4. The van der Waals surface area contributed by atoms with Gasteiger partial charge in [0, 0.05) is 6.54 Å². The van der Waals surface area contributed by atoms with Crippen molar-refractivity contribution < 1.29 is 18.3 Å². The van der Waals surface area contributed by atoms with Crippen LogP contribution >= 0.6 is 24.0 Å². The van der Waals surface area contributed by atoms with E-state index in [0.717, 1.165) is 5.56 Å². The molecule has 0 unspecified atom stereocenters. The Morgan fingerprint density at radius 1 is 1.26 bits per heavy atom. The number of furan rings is 1. The minimum Gasteiger partial charge on any atom is -0.465 e. The van der Waals surface area contributed by atoms with Crippen LogP contribution in [-0.2, 0) is 17.8 Å². The molecule has 8 heteroatoms. The number of halogens is 2. The quantitative estimate of drug-likeness (QED) is 0.280. The molecule has 1 heterocycles. The second-order valence-electron chi connectivity index (χ2n) is 5.81. The number of carbonyl (C=O) groups excluding carboxylic acids is 1. The number of ether oxygens (including phenoxy) is 1. The molecule has 0 atom stereocenters. The van der Waals surface area contributed by atoms with Gasteiger partial charge >= 0.3 is 5.97 Å². The lowest BCUT2D eigenvalue weighted by Crippen LogP contribution is -2.36. The molecule has 2 aromatic rings. The highest BCUT2D eigenvalue weighted by Gasteiger charge is 2.15. The normalized spacial score (nSPS) is 10.9. The maximum absolute atomic E-state index is 13.3. The maximum atomic E-state index is 13.3. The molecule has 148 valence electrons. The van der Waals surface area contributed by atoms with Crippen molar-refractivity contribution in [2.24, 2.45) is 4.99 Å². The SMILES string of the molecule is CCNC(=NCc1ccc(F)c(C)c1)NCc1cc(C(=O)OC)c(C)o1.I. The number of benzene rings is 1. The Morgan fingerprint density at radius 2 is 2.00 bits per heavy atom. The van der Waals surface area contributed by atoms with E-state index in [4.69, 9.17) is 9.15 Å². The van der Waals surface area contributed by atoms with E-state index in [9.17, 15) is 9.18 Å². The Labute approximate surface area is 175 Å². The van der Waals surface area contributed by atoms with Crippen LogP contribution < -0.4 is 10.6 Å². The second kappa shape index (κ2) is 10.9. The zero-order chi connectivity index (χ0) is 19.1. The van der Waals surface area contributed by atoms with Gasteiger partial charge in [-0.05, 0) is 44.0 Å². The molecule has 2 N–H and O–H groups in total. The number of aliphatic imine (C=N–C) groups is 1. The maximum Gasteiger partial charge on any atom is 0.341 e. The molecule has 0 fully saturated rings. The largest absolute Gasteiger partial charge is 0.465 e. The van der Waals surface area contributed by atoms with Gasteiger partial charge in [0.1, 0.15) is 22.9 Å². The van der Waals surface area contributed by atoms with Gasteiger partial charge in [0.25, 0.3) is 0 Å². The molecule has 0 saturated heterocycles. The van der Waals surface area contributed by atoms with Crippen molar-refractivity contribution >= 4 is 35.9 Å². The van der Waals surface area contributed by atoms with Crippen LogP contribution in [0.4, 0.5) is 4.39 Å². The fourth-order valence-corrected chi connectivity index (χ4v) is 2.43. The first-order valence-corrected chi connectivity index (χ1v) is 8.39. The van der Waals surface area contributed by atoms with Gasteiger partial charge in [-0.15, -0.1) is 24.0 Å². The Kier molecular flexibility index (Phi) is 9.27. The number of nitrogens with one attached hydrogen (secondary N) is 2. The number of methoxy groups -OCH3 is 1. The topological polar surface area (TPSA) is 75.9 Å². The minimum atomic E-state index is -0.426. The molecule has 0 radical (unpaired) electrons. The van der Waals surface area contributed by atoms with E-state index in [-0.39, 0.29) is 29.8 Å². The molecule has 0 aliphatic rings.